The zero-order valence-corrected chi connectivity index (χ0v) is 12.3. The molecule has 0 radical (unpaired) electrons. The van der Waals surface area contributed by atoms with Crippen molar-refractivity contribution < 1.29 is 10.4 Å². The van der Waals surface area contributed by atoms with E-state index in [0.717, 1.165) is 47.4 Å². The first kappa shape index (κ1) is 13.8. The predicted molar refractivity (Wildman–Crippen MR) is 84.1 cm³/mol. The molecule has 0 bridgehead atoms. The van der Waals surface area contributed by atoms with Crippen molar-refractivity contribution in [1.82, 2.24) is 0 Å². The fourth-order valence-electron chi connectivity index (χ4n) is 2.64. The summed E-state index contributed by atoms with van der Waals surface area (Å²) < 4.78 is 0. The van der Waals surface area contributed by atoms with Gasteiger partial charge in [-0.15, -0.1) is 11.3 Å². The second kappa shape index (κ2) is 6.10. The summed E-state index contributed by atoms with van der Waals surface area (Å²) in [5.74, 6) is 0. The second-order valence-electron chi connectivity index (χ2n) is 5.02. The number of aryl methyl sites for hydroxylation is 1. The molecule has 0 atom stereocenters. The molecular formula is C16H16N2O2S. The van der Waals surface area contributed by atoms with Crippen LogP contribution in [0.15, 0.2) is 46.7 Å². The van der Waals surface area contributed by atoms with Gasteiger partial charge in [0.1, 0.15) is 5.71 Å². The molecule has 2 N–H and O–H groups in total. The number of hydrogen-bond acceptors (Lipinski definition) is 5. The van der Waals surface area contributed by atoms with Crippen molar-refractivity contribution in [2.24, 2.45) is 10.3 Å². The predicted octanol–water partition coefficient (Wildman–Crippen LogP) is 3.88. The second-order valence-corrected chi connectivity index (χ2v) is 6.15. The lowest BCUT2D eigenvalue weighted by Crippen LogP contribution is -2.02. The molecule has 1 aromatic carbocycles. The molecule has 0 fully saturated rings. The fourth-order valence-corrected chi connectivity index (χ4v) is 3.87. The first-order valence-corrected chi connectivity index (χ1v) is 7.77. The number of hydrogen-bond donors (Lipinski definition) is 2. The lowest BCUT2D eigenvalue weighted by Gasteiger charge is -2.01. The number of nitrogens with zero attached hydrogens (tertiary/aromatic N) is 2. The van der Waals surface area contributed by atoms with E-state index in [-0.39, 0.29) is 0 Å². The van der Waals surface area contributed by atoms with Crippen LogP contribution in [0.5, 0.6) is 0 Å². The third-order valence-electron chi connectivity index (χ3n) is 3.69. The fraction of sp³-hybridized carbons (Fsp3) is 0.250. The Kier molecular flexibility index (Phi) is 4.01. The Balaban J connectivity index is 2.05. The number of fused-ring (bicyclic) bond motifs is 1. The molecule has 0 aliphatic heterocycles. The Morgan fingerprint density at radius 3 is 2.52 bits per heavy atom. The minimum absolute atomic E-state index is 0.561. The minimum Gasteiger partial charge on any atom is -0.411 e. The van der Waals surface area contributed by atoms with Crippen LogP contribution in [0.4, 0.5) is 0 Å². The molecule has 108 valence electrons. The van der Waals surface area contributed by atoms with Gasteiger partial charge in [-0.2, -0.15) is 0 Å². The molecule has 0 saturated heterocycles. The quantitative estimate of drug-likeness (QED) is 0.382. The average Bonchev–Trinajstić information content (AvgIpc) is 2.84. The van der Waals surface area contributed by atoms with Crippen molar-refractivity contribution in [3.05, 3.63) is 57.3 Å². The van der Waals surface area contributed by atoms with Gasteiger partial charge in [0, 0.05) is 16.0 Å². The molecular weight excluding hydrogens is 284 g/mol. The van der Waals surface area contributed by atoms with E-state index in [1.165, 1.54) is 4.88 Å². The molecule has 5 heteroatoms. The van der Waals surface area contributed by atoms with E-state index >= 15 is 0 Å². The summed E-state index contributed by atoms with van der Waals surface area (Å²) in [5.41, 5.74) is 3.16. The highest BCUT2D eigenvalue weighted by Crippen LogP contribution is 2.31. The molecule has 0 spiro atoms. The van der Waals surface area contributed by atoms with Crippen molar-refractivity contribution in [3.8, 4) is 0 Å². The molecule has 0 amide bonds. The van der Waals surface area contributed by atoms with Gasteiger partial charge in [0.2, 0.25) is 0 Å². The van der Waals surface area contributed by atoms with Gasteiger partial charge in [-0.3, -0.25) is 0 Å². The van der Waals surface area contributed by atoms with Gasteiger partial charge in [-0.1, -0.05) is 40.6 Å². The summed E-state index contributed by atoms with van der Waals surface area (Å²) in [6.07, 6.45) is 3.89. The largest absolute Gasteiger partial charge is 0.411 e. The highest BCUT2D eigenvalue weighted by atomic mass is 32.1. The molecule has 1 heterocycles. The summed E-state index contributed by atoms with van der Waals surface area (Å²) in [6.45, 7) is 0. The van der Waals surface area contributed by atoms with Gasteiger partial charge in [0.15, 0.2) is 0 Å². The van der Waals surface area contributed by atoms with Crippen molar-refractivity contribution >= 4 is 22.8 Å². The van der Waals surface area contributed by atoms with Gasteiger partial charge >= 0.3 is 0 Å². The third kappa shape index (κ3) is 2.69. The third-order valence-corrected chi connectivity index (χ3v) is 4.89. The Labute approximate surface area is 127 Å². The van der Waals surface area contributed by atoms with Crippen LogP contribution in [0.1, 0.15) is 40.1 Å². The van der Waals surface area contributed by atoms with E-state index in [1.807, 2.05) is 36.4 Å². The summed E-state index contributed by atoms with van der Waals surface area (Å²) in [4.78, 5) is 2.10. The molecule has 21 heavy (non-hydrogen) atoms. The minimum atomic E-state index is 0.561. The van der Waals surface area contributed by atoms with E-state index < -0.39 is 0 Å². The normalized spacial score (nSPS) is 17.5. The van der Waals surface area contributed by atoms with Crippen LogP contribution in [0, 0.1) is 0 Å². The van der Waals surface area contributed by atoms with Crippen LogP contribution in [0.2, 0.25) is 0 Å². The van der Waals surface area contributed by atoms with E-state index in [4.69, 9.17) is 0 Å². The van der Waals surface area contributed by atoms with Gasteiger partial charge in [-0.05, 0) is 31.7 Å². The maximum Gasteiger partial charge on any atom is 0.127 e. The van der Waals surface area contributed by atoms with E-state index in [2.05, 4.69) is 10.3 Å². The maximum atomic E-state index is 9.39. The van der Waals surface area contributed by atoms with Crippen molar-refractivity contribution in [3.63, 3.8) is 0 Å². The topological polar surface area (TPSA) is 65.2 Å². The van der Waals surface area contributed by atoms with Crippen molar-refractivity contribution in [1.29, 1.82) is 0 Å². The Hall–Kier alpha value is -2.14. The van der Waals surface area contributed by atoms with E-state index in [9.17, 15) is 10.4 Å². The van der Waals surface area contributed by atoms with E-state index in [1.54, 1.807) is 11.3 Å². The average molecular weight is 300 g/mol. The lowest BCUT2D eigenvalue weighted by atomic mass is 10.1. The summed E-state index contributed by atoms with van der Waals surface area (Å²) in [7, 11) is 0. The molecule has 1 aliphatic rings. The molecule has 1 aromatic heterocycles. The Bertz CT molecular complexity index is 690. The molecule has 1 aliphatic carbocycles. The monoisotopic (exact) mass is 300 g/mol. The van der Waals surface area contributed by atoms with Gasteiger partial charge in [0.05, 0.1) is 10.6 Å². The zero-order chi connectivity index (χ0) is 14.7. The van der Waals surface area contributed by atoms with Gasteiger partial charge in [0.25, 0.3) is 0 Å². The highest BCUT2D eigenvalue weighted by molar-refractivity contribution is 7.14. The van der Waals surface area contributed by atoms with Crippen LogP contribution >= 0.6 is 11.3 Å². The number of oxime groups is 2. The Morgan fingerprint density at radius 1 is 1.05 bits per heavy atom. The maximum absolute atomic E-state index is 9.39. The van der Waals surface area contributed by atoms with Crippen LogP contribution in [0.25, 0.3) is 0 Å². The number of thiophene rings is 1. The van der Waals surface area contributed by atoms with Crippen LogP contribution in [-0.4, -0.2) is 21.8 Å². The standard InChI is InChI=1S/C16H16N2O2S/c19-17-13-8-4-5-9-14-12(13)10-15(21-14)16(18-20)11-6-2-1-3-7-11/h1-3,6-7,10,19-20H,4-5,8-9H2/b17-13-,18-16-. The highest BCUT2D eigenvalue weighted by Gasteiger charge is 2.20. The smallest absolute Gasteiger partial charge is 0.127 e. The van der Waals surface area contributed by atoms with Crippen molar-refractivity contribution in [2.75, 3.05) is 0 Å². The SMILES string of the molecule is O/N=C(/c1ccccc1)c1cc2c(s1)CCCC/C2=N/O. The van der Waals surface area contributed by atoms with E-state index in [0.29, 0.717) is 5.71 Å². The first-order chi connectivity index (χ1) is 10.3. The van der Waals surface area contributed by atoms with Gasteiger partial charge < -0.3 is 10.4 Å². The summed E-state index contributed by atoms with van der Waals surface area (Å²) in [5, 5.41) is 25.5. The zero-order valence-electron chi connectivity index (χ0n) is 11.5. The van der Waals surface area contributed by atoms with Crippen LogP contribution in [0.3, 0.4) is 0 Å². The van der Waals surface area contributed by atoms with Crippen molar-refractivity contribution in [2.45, 2.75) is 25.7 Å². The molecule has 3 rings (SSSR count). The molecule has 0 unspecified atom stereocenters. The summed E-state index contributed by atoms with van der Waals surface area (Å²) in [6, 6.07) is 11.6. The lowest BCUT2D eigenvalue weighted by molar-refractivity contribution is 0.318. The van der Waals surface area contributed by atoms with Gasteiger partial charge in [-0.25, -0.2) is 0 Å². The number of benzene rings is 1. The molecule has 0 saturated carbocycles. The number of rotatable bonds is 2. The first-order valence-electron chi connectivity index (χ1n) is 6.95. The Morgan fingerprint density at radius 2 is 1.81 bits per heavy atom. The summed E-state index contributed by atoms with van der Waals surface area (Å²) >= 11 is 1.61. The molecule has 4 nitrogen and oxygen atoms in total. The molecule has 2 aromatic rings. The van der Waals surface area contributed by atoms with Crippen LogP contribution in [-0.2, 0) is 6.42 Å². The van der Waals surface area contributed by atoms with Crippen LogP contribution < -0.4 is 0 Å².